The zero-order chi connectivity index (χ0) is 13.8. The molecule has 18 heavy (non-hydrogen) atoms. The van der Waals surface area contributed by atoms with Crippen molar-refractivity contribution in [1.29, 1.82) is 0 Å². The van der Waals surface area contributed by atoms with Crippen molar-refractivity contribution >= 4 is 5.97 Å². The molecule has 0 saturated carbocycles. The van der Waals surface area contributed by atoms with E-state index in [1.807, 2.05) is 18.2 Å². The highest BCUT2D eigenvalue weighted by Crippen LogP contribution is 2.26. The normalized spacial score (nSPS) is 13.3. The second kappa shape index (κ2) is 5.98. The second-order valence-corrected chi connectivity index (χ2v) is 5.37. The fourth-order valence-corrected chi connectivity index (χ4v) is 1.74. The molecule has 0 spiro atoms. The Bertz CT molecular complexity index is 410. The number of benzene rings is 1. The first-order valence-electron chi connectivity index (χ1n) is 5.97. The fourth-order valence-electron chi connectivity index (χ4n) is 1.74. The van der Waals surface area contributed by atoms with Gasteiger partial charge in [0.1, 0.15) is 6.04 Å². The lowest BCUT2D eigenvalue weighted by Crippen LogP contribution is -2.34. The summed E-state index contributed by atoms with van der Waals surface area (Å²) in [5.74, 6) is -1.04. The van der Waals surface area contributed by atoms with Crippen LogP contribution in [0.5, 0.6) is 0 Å². The first-order chi connectivity index (χ1) is 8.32. The first kappa shape index (κ1) is 14.7. The predicted molar refractivity (Wildman–Crippen MR) is 70.4 cm³/mol. The molecule has 100 valence electrons. The molecular weight excluding hydrogens is 230 g/mol. The van der Waals surface area contributed by atoms with Gasteiger partial charge in [0.25, 0.3) is 0 Å². The third-order valence-electron chi connectivity index (χ3n) is 2.70. The molecule has 0 fully saturated rings. The summed E-state index contributed by atoms with van der Waals surface area (Å²) >= 11 is 0. The zero-order valence-electron chi connectivity index (χ0n) is 11.1. The topological polar surface area (TPSA) is 72.5 Å². The summed E-state index contributed by atoms with van der Waals surface area (Å²) < 4.78 is 5.37. The molecule has 0 aliphatic rings. The molecule has 1 atom stereocenters. The van der Waals surface area contributed by atoms with Crippen molar-refractivity contribution in [3.05, 3.63) is 35.4 Å². The molecule has 0 heterocycles. The van der Waals surface area contributed by atoms with E-state index in [1.54, 1.807) is 0 Å². The van der Waals surface area contributed by atoms with E-state index in [4.69, 9.17) is 15.6 Å². The maximum atomic E-state index is 10.6. The van der Waals surface area contributed by atoms with E-state index in [9.17, 15) is 4.79 Å². The maximum Gasteiger partial charge on any atom is 0.322 e. The van der Waals surface area contributed by atoms with Gasteiger partial charge in [-0.15, -0.1) is 0 Å². The quantitative estimate of drug-likeness (QED) is 0.838. The Kier molecular flexibility index (Phi) is 4.87. The van der Waals surface area contributed by atoms with E-state index in [1.165, 1.54) is 5.56 Å². The second-order valence-electron chi connectivity index (χ2n) is 5.37. The fraction of sp³-hybridized carbons (Fsp3) is 0.500. The van der Waals surface area contributed by atoms with E-state index < -0.39 is 12.0 Å². The largest absolute Gasteiger partial charge is 0.480 e. The van der Waals surface area contributed by atoms with Crippen LogP contribution in [0.1, 0.15) is 31.9 Å². The molecule has 0 saturated heterocycles. The third-order valence-corrected chi connectivity index (χ3v) is 2.70. The molecule has 4 heteroatoms. The number of carboxylic acids is 1. The molecule has 1 rings (SSSR count). The first-order valence-corrected chi connectivity index (χ1v) is 5.97. The molecule has 4 nitrogen and oxygen atoms in total. The lowest BCUT2D eigenvalue weighted by molar-refractivity contribution is -0.140. The Morgan fingerprint density at radius 1 is 1.39 bits per heavy atom. The lowest BCUT2D eigenvalue weighted by Gasteiger charge is -2.23. The number of carbonyl (C=O) groups is 1. The van der Waals surface area contributed by atoms with Crippen molar-refractivity contribution in [3.63, 3.8) is 0 Å². The monoisotopic (exact) mass is 251 g/mol. The van der Waals surface area contributed by atoms with Gasteiger partial charge in [-0.25, -0.2) is 0 Å². The average molecular weight is 251 g/mol. The standard InChI is InChI=1S/C14H21NO3/c1-14(2,3)11-7-5-4-6-10(11)8-18-9-12(15)13(16)17/h4-7,12H,8-9,15H2,1-3H3,(H,16,17)/t12-/m0/s1. The van der Waals surface area contributed by atoms with E-state index in [2.05, 4.69) is 26.8 Å². The molecule has 0 radical (unpaired) electrons. The summed E-state index contributed by atoms with van der Waals surface area (Å²) in [5, 5.41) is 8.66. The van der Waals surface area contributed by atoms with E-state index >= 15 is 0 Å². The Hall–Kier alpha value is -1.39. The van der Waals surface area contributed by atoms with Crippen LogP contribution in [-0.2, 0) is 21.6 Å². The molecule has 0 amide bonds. The summed E-state index contributed by atoms with van der Waals surface area (Å²) in [5.41, 5.74) is 7.69. The van der Waals surface area contributed by atoms with Crippen molar-refractivity contribution in [1.82, 2.24) is 0 Å². The lowest BCUT2D eigenvalue weighted by atomic mass is 9.84. The van der Waals surface area contributed by atoms with E-state index in [-0.39, 0.29) is 12.0 Å². The van der Waals surface area contributed by atoms with E-state index in [0.717, 1.165) is 5.56 Å². The van der Waals surface area contributed by atoms with Crippen LogP contribution in [0.15, 0.2) is 24.3 Å². The van der Waals surface area contributed by atoms with Crippen LogP contribution in [0.25, 0.3) is 0 Å². The van der Waals surface area contributed by atoms with Crippen LogP contribution in [-0.4, -0.2) is 23.7 Å². The highest BCUT2D eigenvalue weighted by Gasteiger charge is 2.18. The molecule has 0 unspecified atom stereocenters. The van der Waals surface area contributed by atoms with Crippen LogP contribution < -0.4 is 5.73 Å². The number of hydrogen-bond acceptors (Lipinski definition) is 3. The smallest absolute Gasteiger partial charge is 0.322 e. The number of aliphatic carboxylic acids is 1. The average Bonchev–Trinajstić information content (AvgIpc) is 2.28. The summed E-state index contributed by atoms with van der Waals surface area (Å²) in [7, 11) is 0. The highest BCUT2D eigenvalue weighted by molar-refractivity contribution is 5.73. The Morgan fingerprint density at radius 2 is 2.00 bits per heavy atom. The molecule has 0 aromatic heterocycles. The zero-order valence-corrected chi connectivity index (χ0v) is 11.1. The van der Waals surface area contributed by atoms with Gasteiger partial charge in [-0.1, -0.05) is 45.0 Å². The number of ether oxygens (including phenoxy) is 1. The summed E-state index contributed by atoms with van der Waals surface area (Å²) in [4.78, 5) is 10.6. The van der Waals surface area contributed by atoms with Gasteiger partial charge in [-0.3, -0.25) is 4.79 Å². The highest BCUT2D eigenvalue weighted by atomic mass is 16.5. The Labute approximate surface area is 108 Å². The minimum absolute atomic E-state index is 0.0216. The predicted octanol–water partition coefficient (Wildman–Crippen LogP) is 1.91. The Balaban J connectivity index is 2.66. The molecule has 1 aromatic rings. The van der Waals surface area contributed by atoms with Crippen molar-refractivity contribution < 1.29 is 14.6 Å². The van der Waals surface area contributed by atoms with Gasteiger partial charge >= 0.3 is 5.97 Å². The van der Waals surface area contributed by atoms with E-state index in [0.29, 0.717) is 6.61 Å². The van der Waals surface area contributed by atoms with Crippen molar-refractivity contribution in [2.24, 2.45) is 5.73 Å². The number of nitrogens with two attached hydrogens (primary N) is 1. The van der Waals surface area contributed by atoms with Gasteiger partial charge in [-0.05, 0) is 16.5 Å². The van der Waals surface area contributed by atoms with Crippen LogP contribution in [0.4, 0.5) is 0 Å². The number of carboxylic acid groups (broad SMARTS) is 1. The molecule has 1 aromatic carbocycles. The molecule has 0 aliphatic carbocycles. The van der Waals surface area contributed by atoms with Crippen molar-refractivity contribution in [2.75, 3.05) is 6.61 Å². The SMILES string of the molecule is CC(C)(C)c1ccccc1COC[C@H](N)C(=O)O. The van der Waals surface area contributed by atoms with Crippen LogP contribution >= 0.6 is 0 Å². The minimum atomic E-state index is -1.04. The molecule has 0 aliphatic heterocycles. The summed E-state index contributed by atoms with van der Waals surface area (Å²) in [6.07, 6.45) is 0. The van der Waals surface area contributed by atoms with Crippen LogP contribution in [0, 0.1) is 0 Å². The third kappa shape index (κ3) is 4.13. The van der Waals surface area contributed by atoms with Gasteiger partial charge in [-0.2, -0.15) is 0 Å². The minimum Gasteiger partial charge on any atom is -0.480 e. The molecule has 0 bridgehead atoms. The Morgan fingerprint density at radius 3 is 2.56 bits per heavy atom. The van der Waals surface area contributed by atoms with Gasteiger partial charge in [0.15, 0.2) is 0 Å². The van der Waals surface area contributed by atoms with Gasteiger partial charge in [0.05, 0.1) is 13.2 Å². The summed E-state index contributed by atoms with van der Waals surface area (Å²) in [6.45, 7) is 6.81. The number of hydrogen-bond donors (Lipinski definition) is 2. The van der Waals surface area contributed by atoms with Gasteiger partial charge < -0.3 is 15.6 Å². The van der Waals surface area contributed by atoms with Crippen LogP contribution in [0.2, 0.25) is 0 Å². The maximum absolute atomic E-state index is 10.6. The van der Waals surface area contributed by atoms with Gasteiger partial charge in [0.2, 0.25) is 0 Å². The molecule has 3 N–H and O–H groups in total. The molecular formula is C14H21NO3. The van der Waals surface area contributed by atoms with Crippen LogP contribution in [0.3, 0.4) is 0 Å². The number of rotatable bonds is 5. The summed E-state index contributed by atoms with van der Waals surface area (Å²) in [6, 6.07) is 7.03. The van der Waals surface area contributed by atoms with Crippen molar-refractivity contribution in [3.8, 4) is 0 Å². The van der Waals surface area contributed by atoms with Gasteiger partial charge in [0, 0.05) is 0 Å². The van der Waals surface area contributed by atoms with Crippen molar-refractivity contribution in [2.45, 2.75) is 38.8 Å².